The Kier molecular flexibility index (Phi) is 5.21. The number of hydrogen-bond acceptors (Lipinski definition) is 2. The number of aryl methyl sites for hydroxylation is 1. The number of aromatic nitrogens is 2. The summed E-state index contributed by atoms with van der Waals surface area (Å²) in [7, 11) is 0. The predicted octanol–water partition coefficient (Wildman–Crippen LogP) is 4.30. The molecule has 0 saturated heterocycles. The van der Waals surface area contributed by atoms with Gasteiger partial charge in [0.15, 0.2) is 0 Å². The van der Waals surface area contributed by atoms with E-state index in [2.05, 4.69) is 85.4 Å². The van der Waals surface area contributed by atoms with E-state index in [4.69, 9.17) is 10.5 Å². The first-order valence-corrected chi connectivity index (χ1v) is 9.41. The molecule has 0 unspecified atom stereocenters. The normalized spacial score (nSPS) is 11.8. The molecule has 2 N–H and O–H groups in total. The van der Waals surface area contributed by atoms with Crippen molar-refractivity contribution < 1.29 is 9.30 Å². The minimum Gasteiger partial charge on any atom is -0.490 e. The van der Waals surface area contributed by atoms with E-state index in [1.807, 2.05) is 0 Å². The van der Waals surface area contributed by atoms with Crippen LogP contribution >= 0.6 is 0 Å². The van der Waals surface area contributed by atoms with E-state index in [1.54, 1.807) is 0 Å². The Hall–Kier alpha value is -2.49. The maximum atomic E-state index is 6.42. The van der Waals surface area contributed by atoms with Crippen LogP contribution < -0.4 is 15.0 Å². The van der Waals surface area contributed by atoms with Crippen LogP contribution in [-0.4, -0.2) is 11.2 Å². The standard InChI is InChI=1S/C22H29N3O/c1-5-14-24-19-8-6-7-9-20(19)25(21(24)23)15-16-26-18-12-10-17(11-13-18)22(2,3)4/h6-13,23H,5,14-16H2,1-4H3/p+1. The van der Waals surface area contributed by atoms with Gasteiger partial charge < -0.3 is 4.74 Å². The van der Waals surface area contributed by atoms with Gasteiger partial charge in [0, 0.05) is 0 Å². The van der Waals surface area contributed by atoms with Crippen molar-refractivity contribution in [3.05, 3.63) is 54.1 Å². The van der Waals surface area contributed by atoms with Gasteiger partial charge in [0.1, 0.15) is 29.9 Å². The lowest BCUT2D eigenvalue weighted by molar-refractivity contribution is -0.657. The lowest BCUT2D eigenvalue weighted by Crippen LogP contribution is -2.36. The molecule has 3 aromatic rings. The summed E-state index contributed by atoms with van der Waals surface area (Å²) in [6, 6.07) is 16.8. The van der Waals surface area contributed by atoms with E-state index >= 15 is 0 Å². The molecule has 0 atom stereocenters. The van der Waals surface area contributed by atoms with Crippen LogP contribution in [0.4, 0.5) is 5.95 Å². The van der Waals surface area contributed by atoms with Gasteiger partial charge in [-0.1, -0.05) is 52.0 Å². The summed E-state index contributed by atoms with van der Waals surface area (Å²) in [6.45, 7) is 11.1. The Morgan fingerprint density at radius 1 is 1.04 bits per heavy atom. The summed E-state index contributed by atoms with van der Waals surface area (Å²) in [5.74, 6) is 1.69. The predicted molar refractivity (Wildman–Crippen MR) is 107 cm³/mol. The molecule has 4 nitrogen and oxygen atoms in total. The van der Waals surface area contributed by atoms with E-state index in [0.717, 1.165) is 36.7 Å². The van der Waals surface area contributed by atoms with Crippen molar-refractivity contribution in [2.75, 3.05) is 12.3 Å². The van der Waals surface area contributed by atoms with Gasteiger partial charge in [0.25, 0.3) is 0 Å². The molecule has 26 heavy (non-hydrogen) atoms. The number of hydrogen-bond donors (Lipinski definition) is 1. The van der Waals surface area contributed by atoms with Gasteiger partial charge in [-0.3, -0.25) is 5.73 Å². The van der Waals surface area contributed by atoms with E-state index in [9.17, 15) is 0 Å². The second-order valence-electron chi connectivity index (χ2n) is 7.77. The van der Waals surface area contributed by atoms with Crippen LogP contribution in [-0.2, 0) is 18.5 Å². The molecule has 4 heteroatoms. The smallest absolute Gasteiger partial charge is 0.356 e. The third-order valence-corrected chi connectivity index (χ3v) is 4.77. The topological polar surface area (TPSA) is 44.1 Å². The summed E-state index contributed by atoms with van der Waals surface area (Å²) in [5.41, 5.74) is 10.2. The SMILES string of the molecule is CCC[n+]1c(N)n(CCOc2ccc(C(C)(C)C)cc2)c2ccccc21. The summed E-state index contributed by atoms with van der Waals surface area (Å²) < 4.78 is 10.3. The lowest BCUT2D eigenvalue weighted by atomic mass is 9.87. The van der Waals surface area contributed by atoms with Crippen LogP contribution in [0, 0.1) is 0 Å². The third-order valence-electron chi connectivity index (χ3n) is 4.77. The van der Waals surface area contributed by atoms with Crippen molar-refractivity contribution in [2.45, 2.75) is 52.6 Å². The Balaban J connectivity index is 1.73. The maximum Gasteiger partial charge on any atom is 0.356 e. The first-order valence-electron chi connectivity index (χ1n) is 9.41. The molecule has 1 aromatic heterocycles. The van der Waals surface area contributed by atoms with Gasteiger partial charge in [-0.25, -0.2) is 9.13 Å². The Labute approximate surface area is 156 Å². The minimum absolute atomic E-state index is 0.157. The average Bonchev–Trinajstić information content (AvgIpc) is 2.88. The molecule has 0 fully saturated rings. The van der Waals surface area contributed by atoms with Crippen molar-refractivity contribution in [3.63, 3.8) is 0 Å². The number of rotatable bonds is 6. The molecular weight excluding hydrogens is 322 g/mol. The zero-order valence-electron chi connectivity index (χ0n) is 16.3. The molecule has 0 spiro atoms. The van der Waals surface area contributed by atoms with Gasteiger partial charge in [-0.15, -0.1) is 0 Å². The highest BCUT2D eigenvalue weighted by Crippen LogP contribution is 2.24. The van der Waals surface area contributed by atoms with Crippen molar-refractivity contribution in [3.8, 4) is 5.75 Å². The highest BCUT2D eigenvalue weighted by molar-refractivity contribution is 5.73. The summed E-state index contributed by atoms with van der Waals surface area (Å²) in [6.07, 6.45) is 1.06. The lowest BCUT2D eigenvalue weighted by Gasteiger charge is -2.19. The quantitative estimate of drug-likeness (QED) is 0.672. The molecule has 1 heterocycles. The molecule has 138 valence electrons. The molecule has 3 rings (SSSR count). The van der Waals surface area contributed by atoms with Crippen LogP contribution in [0.15, 0.2) is 48.5 Å². The maximum absolute atomic E-state index is 6.42. The number of imidazole rings is 1. The molecule has 0 radical (unpaired) electrons. The number of nitrogens with zero attached hydrogens (tertiary/aromatic N) is 2. The first kappa shape index (κ1) is 18.3. The number of ether oxygens (including phenoxy) is 1. The Morgan fingerprint density at radius 2 is 1.73 bits per heavy atom. The summed E-state index contributed by atoms with van der Waals surface area (Å²) in [5, 5.41) is 0. The number of nitrogens with two attached hydrogens (primary N) is 1. The number of nitrogen functional groups attached to an aromatic ring is 1. The molecular formula is C22H30N3O+. The first-order chi connectivity index (χ1) is 12.4. The third kappa shape index (κ3) is 3.69. The van der Waals surface area contributed by atoms with E-state index in [-0.39, 0.29) is 5.41 Å². The van der Waals surface area contributed by atoms with Crippen LogP contribution in [0.5, 0.6) is 5.75 Å². The molecule has 0 aliphatic heterocycles. The van der Waals surface area contributed by atoms with Crippen molar-refractivity contribution in [1.29, 1.82) is 0 Å². The zero-order chi connectivity index (χ0) is 18.7. The van der Waals surface area contributed by atoms with Crippen molar-refractivity contribution >= 4 is 17.0 Å². The fourth-order valence-electron chi connectivity index (χ4n) is 3.31. The largest absolute Gasteiger partial charge is 0.490 e. The second-order valence-corrected chi connectivity index (χ2v) is 7.77. The monoisotopic (exact) mass is 352 g/mol. The number of anilines is 1. The van der Waals surface area contributed by atoms with E-state index in [1.165, 1.54) is 11.1 Å². The number of para-hydroxylation sites is 2. The van der Waals surface area contributed by atoms with Gasteiger partial charge in [0.05, 0.1) is 6.54 Å². The molecule has 0 amide bonds. The highest BCUT2D eigenvalue weighted by atomic mass is 16.5. The fourth-order valence-corrected chi connectivity index (χ4v) is 3.31. The van der Waals surface area contributed by atoms with Crippen LogP contribution in [0.3, 0.4) is 0 Å². The van der Waals surface area contributed by atoms with Gasteiger partial charge in [-0.05, 0) is 41.7 Å². The summed E-state index contributed by atoms with van der Waals surface area (Å²) >= 11 is 0. The molecule has 0 aliphatic carbocycles. The van der Waals surface area contributed by atoms with Crippen LogP contribution in [0.25, 0.3) is 11.0 Å². The Bertz CT molecular complexity index is 873. The zero-order valence-corrected chi connectivity index (χ0v) is 16.3. The van der Waals surface area contributed by atoms with Gasteiger partial charge >= 0.3 is 5.95 Å². The molecule has 2 aromatic carbocycles. The van der Waals surface area contributed by atoms with Crippen LogP contribution in [0.2, 0.25) is 0 Å². The fraction of sp³-hybridized carbons (Fsp3) is 0.409. The summed E-state index contributed by atoms with van der Waals surface area (Å²) in [4.78, 5) is 0. The number of fused-ring (bicyclic) bond motifs is 1. The molecule has 0 bridgehead atoms. The highest BCUT2D eigenvalue weighted by Gasteiger charge is 2.20. The number of benzene rings is 2. The average molecular weight is 353 g/mol. The van der Waals surface area contributed by atoms with Crippen molar-refractivity contribution in [2.24, 2.45) is 0 Å². The van der Waals surface area contributed by atoms with Crippen LogP contribution in [0.1, 0.15) is 39.7 Å². The molecule has 0 aliphatic rings. The van der Waals surface area contributed by atoms with E-state index < -0.39 is 0 Å². The second kappa shape index (κ2) is 7.40. The van der Waals surface area contributed by atoms with Crippen molar-refractivity contribution in [1.82, 2.24) is 4.57 Å². The Morgan fingerprint density at radius 3 is 2.38 bits per heavy atom. The van der Waals surface area contributed by atoms with Gasteiger partial charge in [-0.2, -0.15) is 0 Å². The molecule has 0 saturated carbocycles. The minimum atomic E-state index is 0.157. The van der Waals surface area contributed by atoms with Gasteiger partial charge in [0.2, 0.25) is 0 Å². The van der Waals surface area contributed by atoms with E-state index in [0.29, 0.717) is 6.61 Å².